The van der Waals surface area contributed by atoms with E-state index in [9.17, 15) is 9.90 Å². The summed E-state index contributed by atoms with van der Waals surface area (Å²) in [5.74, 6) is 1.23. The Hall–Kier alpha value is -2.25. The van der Waals surface area contributed by atoms with E-state index in [-0.39, 0.29) is 12.0 Å². The third-order valence-corrected chi connectivity index (χ3v) is 5.95. The highest BCUT2D eigenvalue weighted by molar-refractivity contribution is 9.10. The fourth-order valence-corrected chi connectivity index (χ4v) is 4.32. The second-order valence-electron chi connectivity index (χ2n) is 7.05. The van der Waals surface area contributed by atoms with E-state index in [2.05, 4.69) is 20.8 Å². The molecule has 1 atom stereocenters. The minimum atomic E-state index is -0.722. The van der Waals surface area contributed by atoms with Crippen molar-refractivity contribution in [1.82, 2.24) is 4.90 Å². The maximum Gasteiger partial charge on any atom is 0.306 e. The van der Waals surface area contributed by atoms with Crippen LogP contribution in [0.5, 0.6) is 17.2 Å². The molecule has 0 bridgehead atoms. The Morgan fingerprint density at radius 2 is 1.59 bits per heavy atom. The molecule has 1 N–H and O–H groups in total. The number of carboxylic acid groups (broad SMARTS) is 1. The van der Waals surface area contributed by atoms with Crippen LogP contribution < -0.4 is 14.2 Å². The maximum absolute atomic E-state index is 11.4. The lowest BCUT2D eigenvalue weighted by Crippen LogP contribution is -2.39. The molecule has 6 nitrogen and oxygen atoms in total. The summed E-state index contributed by atoms with van der Waals surface area (Å²) in [5.41, 5.74) is 1.94. The van der Waals surface area contributed by atoms with E-state index in [0.29, 0.717) is 25.9 Å². The number of aliphatic carboxylic acids is 1. The average molecular weight is 464 g/mol. The summed E-state index contributed by atoms with van der Waals surface area (Å²) in [4.78, 5) is 13.7. The molecular weight excluding hydrogens is 438 g/mol. The molecule has 1 aliphatic rings. The van der Waals surface area contributed by atoms with Gasteiger partial charge in [0.15, 0.2) is 0 Å². The minimum Gasteiger partial charge on any atom is -0.497 e. The molecule has 1 unspecified atom stereocenters. The Bertz CT molecular complexity index is 864. The van der Waals surface area contributed by atoms with Crippen molar-refractivity contribution in [2.24, 2.45) is 5.92 Å². The number of halogens is 1. The molecule has 7 heteroatoms. The van der Waals surface area contributed by atoms with Gasteiger partial charge in [-0.2, -0.15) is 0 Å². The number of hydrogen-bond donors (Lipinski definition) is 1. The number of methoxy groups -OCH3 is 3. The second-order valence-corrected chi connectivity index (χ2v) is 7.96. The molecule has 1 heterocycles. The van der Waals surface area contributed by atoms with E-state index in [4.69, 9.17) is 14.2 Å². The van der Waals surface area contributed by atoms with Gasteiger partial charge in [0.05, 0.1) is 33.3 Å². The number of benzene rings is 2. The maximum atomic E-state index is 11.4. The van der Waals surface area contributed by atoms with Crippen LogP contribution in [0.3, 0.4) is 0 Å². The fraction of sp³-hybridized carbons (Fsp3) is 0.409. The van der Waals surface area contributed by atoms with E-state index in [0.717, 1.165) is 32.8 Å². The van der Waals surface area contributed by atoms with Crippen LogP contribution in [-0.2, 0) is 4.79 Å². The number of carboxylic acids is 1. The van der Waals surface area contributed by atoms with Gasteiger partial charge in [-0.15, -0.1) is 0 Å². The van der Waals surface area contributed by atoms with Gasteiger partial charge in [0.1, 0.15) is 17.2 Å². The lowest BCUT2D eigenvalue weighted by atomic mass is 9.90. The summed E-state index contributed by atoms with van der Waals surface area (Å²) in [6.07, 6.45) is 1.21. The standard InChI is InChI=1S/C22H26BrNO5/c1-27-16-5-7-20(29-3)18(13-16)21(17-12-15(23)4-6-19(17)28-2)24-10-8-14(9-11-24)22(25)26/h4-7,12-14,21H,8-11H2,1-3H3,(H,25,26). The molecule has 0 radical (unpaired) electrons. The minimum absolute atomic E-state index is 0.165. The van der Waals surface area contributed by atoms with Crippen molar-refractivity contribution in [2.75, 3.05) is 34.4 Å². The normalized spacial score (nSPS) is 16.3. The zero-order valence-electron chi connectivity index (χ0n) is 16.9. The molecule has 0 amide bonds. The summed E-state index contributed by atoms with van der Waals surface area (Å²) in [5, 5.41) is 9.38. The van der Waals surface area contributed by atoms with Crippen LogP contribution in [0.2, 0.25) is 0 Å². The first-order valence-corrected chi connectivity index (χ1v) is 10.3. The number of rotatable bonds is 7. The van der Waals surface area contributed by atoms with Gasteiger partial charge in [0.2, 0.25) is 0 Å². The zero-order chi connectivity index (χ0) is 21.0. The van der Waals surface area contributed by atoms with Crippen LogP contribution >= 0.6 is 15.9 Å². The summed E-state index contributed by atoms with van der Waals surface area (Å²) in [7, 11) is 4.94. The van der Waals surface area contributed by atoms with Crippen molar-refractivity contribution < 1.29 is 24.1 Å². The first-order valence-electron chi connectivity index (χ1n) is 9.50. The summed E-state index contributed by atoms with van der Waals surface area (Å²) >= 11 is 3.58. The van der Waals surface area contributed by atoms with Gasteiger partial charge in [0.25, 0.3) is 0 Å². The van der Waals surface area contributed by atoms with Crippen LogP contribution in [0, 0.1) is 5.92 Å². The molecule has 0 aromatic heterocycles. The molecular formula is C22H26BrNO5. The van der Waals surface area contributed by atoms with Crippen molar-refractivity contribution in [1.29, 1.82) is 0 Å². The third kappa shape index (κ3) is 4.67. The largest absolute Gasteiger partial charge is 0.497 e. The SMILES string of the molecule is COc1ccc(OC)c(C(c2cc(Br)ccc2OC)N2CCC(C(=O)O)CC2)c1. The van der Waals surface area contributed by atoms with Gasteiger partial charge in [-0.05, 0) is 62.3 Å². The van der Waals surface area contributed by atoms with E-state index in [1.165, 1.54) is 0 Å². The van der Waals surface area contributed by atoms with Crippen molar-refractivity contribution in [2.45, 2.75) is 18.9 Å². The van der Waals surface area contributed by atoms with Crippen LogP contribution in [-0.4, -0.2) is 50.4 Å². The monoisotopic (exact) mass is 463 g/mol. The zero-order valence-corrected chi connectivity index (χ0v) is 18.4. The number of piperidine rings is 1. The highest BCUT2D eigenvalue weighted by Gasteiger charge is 2.33. The summed E-state index contributed by atoms with van der Waals surface area (Å²) < 4.78 is 17.8. The molecule has 0 aliphatic carbocycles. The molecule has 1 aliphatic heterocycles. The van der Waals surface area contributed by atoms with Crippen molar-refractivity contribution >= 4 is 21.9 Å². The van der Waals surface area contributed by atoms with Crippen LogP contribution in [0.15, 0.2) is 40.9 Å². The van der Waals surface area contributed by atoms with Crippen LogP contribution in [0.4, 0.5) is 0 Å². The predicted octanol–water partition coefficient (Wildman–Crippen LogP) is 4.36. The van der Waals surface area contributed by atoms with E-state index in [1.54, 1.807) is 21.3 Å². The molecule has 1 saturated heterocycles. The third-order valence-electron chi connectivity index (χ3n) is 5.46. The smallest absolute Gasteiger partial charge is 0.306 e. The number of nitrogens with zero attached hydrogens (tertiary/aromatic N) is 1. The van der Waals surface area contributed by atoms with Crippen molar-refractivity contribution in [3.05, 3.63) is 52.0 Å². The summed E-state index contributed by atoms with van der Waals surface area (Å²) in [6, 6.07) is 11.5. The van der Waals surface area contributed by atoms with Crippen LogP contribution in [0.1, 0.15) is 30.0 Å². The lowest BCUT2D eigenvalue weighted by molar-refractivity contribution is -0.143. The Morgan fingerprint density at radius 1 is 1.00 bits per heavy atom. The molecule has 156 valence electrons. The van der Waals surface area contributed by atoms with Gasteiger partial charge in [-0.25, -0.2) is 0 Å². The second kappa shape index (κ2) is 9.50. The first-order chi connectivity index (χ1) is 14.0. The Balaban J connectivity index is 2.11. The number of ether oxygens (including phenoxy) is 3. The fourth-order valence-electron chi connectivity index (χ4n) is 3.94. The van der Waals surface area contributed by atoms with Gasteiger partial charge < -0.3 is 19.3 Å². The molecule has 2 aromatic rings. The summed E-state index contributed by atoms with van der Waals surface area (Å²) in [6.45, 7) is 1.33. The molecule has 0 spiro atoms. The van der Waals surface area contributed by atoms with Crippen molar-refractivity contribution in [3.8, 4) is 17.2 Å². The highest BCUT2D eigenvalue weighted by Crippen LogP contribution is 2.42. The van der Waals surface area contributed by atoms with Crippen LogP contribution in [0.25, 0.3) is 0 Å². The highest BCUT2D eigenvalue weighted by atomic mass is 79.9. The Labute approximate surface area is 179 Å². The molecule has 29 heavy (non-hydrogen) atoms. The first kappa shape index (κ1) is 21.5. The lowest BCUT2D eigenvalue weighted by Gasteiger charge is -2.38. The molecule has 1 fully saturated rings. The van der Waals surface area contributed by atoms with Gasteiger partial charge in [-0.3, -0.25) is 9.69 Å². The van der Waals surface area contributed by atoms with E-state index < -0.39 is 5.97 Å². The van der Waals surface area contributed by atoms with Gasteiger partial charge >= 0.3 is 5.97 Å². The Kier molecular flexibility index (Phi) is 7.03. The van der Waals surface area contributed by atoms with Gasteiger partial charge in [-0.1, -0.05) is 15.9 Å². The average Bonchev–Trinajstić information content (AvgIpc) is 2.74. The topological polar surface area (TPSA) is 68.2 Å². The number of likely N-dealkylation sites (tertiary alicyclic amines) is 1. The molecule has 0 saturated carbocycles. The van der Waals surface area contributed by atoms with Gasteiger partial charge in [0, 0.05) is 15.6 Å². The molecule has 3 rings (SSSR count). The number of carbonyl (C=O) groups is 1. The predicted molar refractivity (Wildman–Crippen MR) is 114 cm³/mol. The number of hydrogen-bond acceptors (Lipinski definition) is 5. The van der Waals surface area contributed by atoms with Crippen molar-refractivity contribution in [3.63, 3.8) is 0 Å². The molecule has 2 aromatic carbocycles. The quantitative estimate of drug-likeness (QED) is 0.657. The Morgan fingerprint density at radius 3 is 2.14 bits per heavy atom. The van der Waals surface area contributed by atoms with E-state index >= 15 is 0 Å². The van der Waals surface area contributed by atoms with E-state index in [1.807, 2.05) is 36.4 Å².